The molecule has 0 radical (unpaired) electrons. The number of benzene rings is 1. The van der Waals surface area contributed by atoms with Gasteiger partial charge in [-0.1, -0.05) is 25.4 Å². The molecule has 1 aliphatic heterocycles. The Balaban J connectivity index is 2.22. The maximum atomic E-state index is 6.15. The zero-order chi connectivity index (χ0) is 13.8. The Labute approximate surface area is 121 Å². The van der Waals surface area contributed by atoms with Crippen molar-refractivity contribution in [1.82, 2.24) is 0 Å². The van der Waals surface area contributed by atoms with Crippen LogP contribution in [-0.2, 0) is 6.42 Å². The van der Waals surface area contributed by atoms with Crippen LogP contribution in [-0.4, -0.2) is 19.1 Å². The Kier molecular flexibility index (Phi) is 5.12. The van der Waals surface area contributed by atoms with Gasteiger partial charge in [0.05, 0.1) is 0 Å². The van der Waals surface area contributed by atoms with Gasteiger partial charge in [-0.3, -0.25) is 0 Å². The van der Waals surface area contributed by atoms with E-state index in [9.17, 15) is 0 Å². The van der Waals surface area contributed by atoms with Crippen LogP contribution in [0.25, 0.3) is 0 Å². The molecule has 0 aliphatic carbocycles. The van der Waals surface area contributed by atoms with Gasteiger partial charge < -0.3 is 10.6 Å². The van der Waals surface area contributed by atoms with Gasteiger partial charge in [0.25, 0.3) is 0 Å². The van der Waals surface area contributed by atoms with Gasteiger partial charge in [-0.2, -0.15) is 0 Å². The molecule has 2 nitrogen and oxygen atoms in total. The number of hydrogen-bond acceptors (Lipinski definition) is 2. The van der Waals surface area contributed by atoms with E-state index >= 15 is 0 Å². The molecule has 1 aromatic rings. The highest BCUT2D eigenvalue weighted by atomic mass is 35.5. The quantitative estimate of drug-likeness (QED) is 0.907. The molecule has 2 N–H and O–H groups in total. The Morgan fingerprint density at radius 2 is 2.26 bits per heavy atom. The van der Waals surface area contributed by atoms with Crippen LogP contribution in [0, 0.1) is 5.92 Å². The lowest BCUT2D eigenvalue weighted by atomic mass is 9.97. The van der Waals surface area contributed by atoms with Crippen LogP contribution in [0.15, 0.2) is 18.2 Å². The molecule has 0 spiro atoms. The van der Waals surface area contributed by atoms with Crippen molar-refractivity contribution in [3.63, 3.8) is 0 Å². The van der Waals surface area contributed by atoms with Crippen molar-refractivity contribution in [1.29, 1.82) is 0 Å². The van der Waals surface area contributed by atoms with Crippen molar-refractivity contribution in [2.75, 3.05) is 18.0 Å². The Morgan fingerprint density at radius 3 is 2.95 bits per heavy atom. The third-order valence-corrected chi connectivity index (χ3v) is 4.28. The minimum absolute atomic E-state index is 0.222. The lowest BCUT2D eigenvalue weighted by Crippen LogP contribution is -2.35. The van der Waals surface area contributed by atoms with E-state index in [0.717, 1.165) is 36.9 Å². The van der Waals surface area contributed by atoms with Gasteiger partial charge in [0.15, 0.2) is 0 Å². The van der Waals surface area contributed by atoms with Gasteiger partial charge in [-0.05, 0) is 55.4 Å². The number of rotatable bonds is 4. The molecular weight excluding hydrogens is 256 g/mol. The van der Waals surface area contributed by atoms with E-state index in [2.05, 4.69) is 30.9 Å². The maximum Gasteiger partial charge on any atom is 0.0410 e. The molecule has 2 rings (SSSR count). The fraction of sp³-hybridized carbons (Fsp3) is 0.625. The van der Waals surface area contributed by atoms with Gasteiger partial charge in [0.2, 0.25) is 0 Å². The molecule has 1 aromatic carbocycles. The number of hydrogen-bond donors (Lipinski definition) is 1. The minimum Gasteiger partial charge on any atom is -0.371 e. The third-order valence-electron chi connectivity index (χ3n) is 4.05. The maximum absolute atomic E-state index is 6.15. The fourth-order valence-electron chi connectivity index (χ4n) is 2.86. The Hall–Kier alpha value is -0.730. The molecule has 0 saturated carbocycles. The van der Waals surface area contributed by atoms with E-state index in [4.69, 9.17) is 17.3 Å². The lowest BCUT2D eigenvalue weighted by Gasteiger charge is -2.34. The predicted molar refractivity (Wildman–Crippen MR) is 84.0 cm³/mol. The van der Waals surface area contributed by atoms with Crippen molar-refractivity contribution < 1.29 is 0 Å². The molecule has 2 atom stereocenters. The van der Waals surface area contributed by atoms with E-state index in [0.29, 0.717) is 0 Å². The third kappa shape index (κ3) is 3.87. The van der Waals surface area contributed by atoms with Crippen LogP contribution in [0.2, 0.25) is 5.02 Å². The van der Waals surface area contributed by atoms with E-state index in [1.807, 2.05) is 6.07 Å². The van der Waals surface area contributed by atoms with Crippen LogP contribution < -0.4 is 10.6 Å². The van der Waals surface area contributed by atoms with Gasteiger partial charge in [0.1, 0.15) is 0 Å². The molecule has 1 saturated heterocycles. The summed E-state index contributed by atoms with van der Waals surface area (Å²) in [5.41, 5.74) is 8.75. The average molecular weight is 281 g/mol. The summed E-state index contributed by atoms with van der Waals surface area (Å²) in [7, 11) is 0. The fourth-order valence-corrected chi connectivity index (χ4v) is 3.06. The largest absolute Gasteiger partial charge is 0.371 e. The molecule has 1 aliphatic rings. The number of anilines is 1. The van der Waals surface area contributed by atoms with Gasteiger partial charge in [0, 0.05) is 29.8 Å². The average Bonchev–Trinajstić information content (AvgIpc) is 2.38. The highest BCUT2D eigenvalue weighted by Crippen LogP contribution is 2.29. The number of nitrogens with zero attached hydrogens (tertiary/aromatic N) is 1. The van der Waals surface area contributed by atoms with Gasteiger partial charge in [-0.15, -0.1) is 0 Å². The second-order valence-electron chi connectivity index (χ2n) is 5.84. The lowest BCUT2D eigenvalue weighted by molar-refractivity contribution is 0.446. The van der Waals surface area contributed by atoms with E-state index in [1.165, 1.54) is 24.1 Å². The van der Waals surface area contributed by atoms with Gasteiger partial charge in [-0.25, -0.2) is 0 Å². The van der Waals surface area contributed by atoms with Crippen LogP contribution in [0.1, 0.15) is 38.7 Å². The van der Waals surface area contributed by atoms with Crippen LogP contribution in [0.5, 0.6) is 0 Å². The summed E-state index contributed by atoms with van der Waals surface area (Å²) >= 11 is 6.15. The van der Waals surface area contributed by atoms with Crippen molar-refractivity contribution >= 4 is 17.3 Å². The second kappa shape index (κ2) is 6.62. The molecule has 1 heterocycles. The summed E-state index contributed by atoms with van der Waals surface area (Å²) in [6.07, 6.45) is 4.54. The van der Waals surface area contributed by atoms with Crippen molar-refractivity contribution in [3.8, 4) is 0 Å². The second-order valence-corrected chi connectivity index (χ2v) is 6.28. The highest BCUT2D eigenvalue weighted by molar-refractivity contribution is 6.30. The van der Waals surface area contributed by atoms with E-state index in [-0.39, 0.29) is 6.04 Å². The van der Waals surface area contributed by atoms with Crippen LogP contribution in [0.3, 0.4) is 0 Å². The number of nitrogens with two attached hydrogens (primary N) is 1. The molecule has 1 fully saturated rings. The summed E-state index contributed by atoms with van der Waals surface area (Å²) in [5.74, 6) is 0.775. The monoisotopic (exact) mass is 280 g/mol. The smallest absolute Gasteiger partial charge is 0.0410 e. The minimum atomic E-state index is 0.222. The molecule has 19 heavy (non-hydrogen) atoms. The number of piperidine rings is 1. The molecule has 106 valence electrons. The molecule has 0 amide bonds. The first-order valence-corrected chi connectivity index (χ1v) is 7.77. The normalized spacial score (nSPS) is 21.5. The van der Waals surface area contributed by atoms with Crippen LogP contribution in [0.4, 0.5) is 5.69 Å². The summed E-state index contributed by atoms with van der Waals surface area (Å²) in [6.45, 7) is 6.77. The first-order valence-electron chi connectivity index (χ1n) is 7.39. The molecule has 0 aromatic heterocycles. The van der Waals surface area contributed by atoms with Crippen LogP contribution >= 0.6 is 11.6 Å². The standard InChI is InChI=1S/C16H25ClN2/c1-3-15(18)10-13-9-14(17)6-7-16(13)19-8-4-5-12(2)11-19/h6-7,9,12,15H,3-5,8,10-11,18H2,1-2H3. The predicted octanol–water partition coefficient (Wildman–Crippen LogP) is 3.86. The van der Waals surface area contributed by atoms with Crippen molar-refractivity contribution in [3.05, 3.63) is 28.8 Å². The topological polar surface area (TPSA) is 29.3 Å². The number of halogens is 1. The zero-order valence-corrected chi connectivity index (χ0v) is 12.8. The highest BCUT2D eigenvalue weighted by Gasteiger charge is 2.19. The molecule has 0 bridgehead atoms. The Morgan fingerprint density at radius 1 is 1.47 bits per heavy atom. The first kappa shape index (κ1) is 14.7. The van der Waals surface area contributed by atoms with Crippen molar-refractivity contribution in [2.24, 2.45) is 11.7 Å². The molecule has 3 heteroatoms. The van der Waals surface area contributed by atoms with E-state index < -0.39 is 0 Å². The summed E-state index contributed by atoms with van der Waals surface area (Å²) in [5, 5.41) is 0.812. The van der Waals surface area contributed by atoms with Crippen molar-refractivity contribution in [2.45, 2.75) is 45.6 Å². The van der Waals surface area contributed by atoms with E-state index in [1.54, 1.807) is 0 Å². The zero-order valence-electron chi connectivity index (χ0n) is 12.0. The SMILES string of the molecule is CCC(N)Cc1cc(Cl)ccc1N1CCCC(C)C1. The first-order chi connectivity index (χ1) is 9.10. The van der Waals surface area contributed by atoms with Gasteiger partial charge >= 0.3 is 0 Å². The molecule has 2 unspecified atom stereocenters. The summed E-state index contributed by atoms with van der Waals surface area (Å²) < 4.78 is 0. The summed E-state index contributed by atoms with van der Waals surface area (Å²) in [4.78, 5) is 2.50. The Bertz CT molecular complexity index is 419. The molecular formula is C16H25ClN2. The summed E-state index contributed by atoms with van der Waals surface area (Å²) in [6, 6.07) is 6.47.